The van der Waals surface area contributed by atoms with E-state index in [1.54, 1.807) is 6.92 Å². The Morgan fingerprint density at radius 1 is 1.00 bits per heavy atom. The zero-order valence-electron chi connectivity index (χ0n) is 18.7. The summed E-state index contributed by atoms with van der Waals surface area (Å²) in [6.07, 6.45) is -1.36. The molecule has 0 saturated carbocycles. The van der Waals surface area contributed by atoms with E-state index in [0.29, 0.717) is 19.8 Å². The maximum Gasteiger partial charge on any atom is 0.325 e. The summed E-state index contributed by atoms with van der Waals surface area (Å²) < 4.78 is 15.8. The maximum atomic E-state index is 12.2. The quantitative estimate of drug-likeness (QED) is 0.342. The first-order valence-corrected chi connectivity index (χ1v) is 11.3. The van der Waals surface area contributed by atoms with Gasteiger partial charge in [0.2, 0.25) is 0 Å². The molecule has 2 rings (SSSR count). The lowest BCUT2D eigenvalue weighted by molar-refractivity contribution is -0.149. The molecule has 0 amide bonds. The molecule has 0 heterocycles. The molecule has 2 aromatic carbocycles. The molecule has 0 aliphatic carbocycles. The van der Waals surface area contributed by atoms with Crippen LogP contribution in [0.3, 0.4) is 0 Å². The van der Waals surface area contributed by atoms with Gasteiger partial charge in [-0.3, -0.25) is 4.79 Å². The second-order valence-corrected chi connectivity index (χ2v) is 9.76. The molecule has 0 spiro atoms. The minimum Gasteiger partial charge on any atom is -0.468 e. The van der Waals surface area contributed by atoms with Crippen molar-refractivity contribution in [3.05, 3.63) is 71.8 Å². The van der Waals surface area contributed by atoms with Crippen LogP contribution in [0, 0.1) is 11.8 Å². The first-order chi connectivity index (χ1) is 14.8. The van der Waals surface area contributed by atoms with Gasteiger partial charge in [-0.15, -0.1) is 0 Å². The highest BCUT2D eigenvalue weighted by Crippen LogP contribution is 2.33. The Balaban J connectivity index is 2.09. The number of alkyl halides is 1. The van der Waals surface area contributed by atoms with E-state index in [0.717, 1.165) is 11.1 Å². The number of carbonyl (C=O) groups is 1. The number of rotatable bonds is 12. The molecule has 1 N–H and O–H groups in total. The van der Waals surface area contributed by atoms with Crippen LogP contribution in [0.1, 0.15) is 31.9 Å². The molecule has 0 fully saturated rings. The number of aliphatic hydroxyl groups excluding tert-OH is 1. The third-order valence-corrected chi connectivity index (χ3v) is 6.29. The van der Waals surface area contributed by atoms with E-state index >= 15 is 0 Å². The second kappa shape index (κ2) is 12.3. The number of carbonyl (C=O) groups excluding carboxylic acids is 1. The Labute approximate surface area is 193 Å². The van der Waals surface area contributed by atoms with Crippen molar-refractivity contribution in [2.24, 2.45) is 11.8 Å². The molecule has 0 aromatic heterocycles. The molecule has 5 atom stereocenters. The SMILES string of the molecule is COC(=O)[C@](C)(Br)[C@@H](O)[C@H](C)[C@@H](OCc1ccccc1)[C@@H](C)COCc1ccccc1. The molecule has 5 nitrogen and oxygen atoms in total. The van der Waals surface area contributed by atoms with E-state index in [2.05, 4.69) is 15.9 Å². The van der Waals surface area contributed by atoms with Gasteiger partial charge in [0.05, 0.1) is 39.1 Å². The Hall–Kier alpha value is -1.73. The van der Waals surface area contributed by atoms with E-state index in [1.165, 1.54) is 7.11 Å². The fraction of sp³-hybridized carbons (Fsp3) is 0.480. The Bertz CT molecular complexity index is 781. The van der Waals surface area contributed by atoms with Crippen LogP contribution in [0.5, 0.6) is 0 Å². The molecular formula is C25H33BrO5. The highest BCUT2D eigenvalue weighted by atomic mass is 79.9. The summed E-state index contributed by atoms with van der Waals surface area (Å²) in [6.45, 7) is 6.91. The monoisotopic (exact) mass is 492 g/mol. The second-order valence-electron chi connectivity index (χ2n) is 8.11. The number of aliphatic hydroxyl groups is 1. The van der Waals surface area contributed by atoms with Crippen molar-refractivity contribution in [3.63, 3.8) is 0 Å². The van der Waals surface area contributed by atoms with E-state index in [4.69, 9.17) is 14.2 Å². The summed E-state index contributed by atoms with van der Waals surface area (Å²) in [4.78, 5) is 12.2. The molecular weight excluding hydrogens is 460 g/mol. The van der Waals surface area contributed by atoms with Crippen LogP contribution >= 0.6 is 15.9 Å². The Morgan fingerprint density at radius 2 is 1.52 bits per heavy atom. The number of halogens is 1. The Kier molecular flexibility index (Phi) is 10.2. The van der Waals surface area contributed by atoms with E-state index in [-0.39, 0.29) is 17.9 Å². The predicted molar refractivity (Wildman–Crippen MR) is 125 cm³/mol. The Morgan fingerprint density at radius 3 is 2.03 bits per heavy atom. The van der Waals surface area contributed by atoms with E-state index in [1.807, 2.05) is 74.5 Å². The smallest absolute Gasteiger partial charge is 0.325 e. The minimum absolute atomic E-state index is 0.0157. The molecule has 170 valence electrons. The average molecular weight is 493 g/mol. The molecule has 0 saturated heterocycles. The fourth-order valence-corrected chi connectivity index (χ4v) is 4.21. The van der Waals surface area contributed by atoms with Crippen molar-refractivity contribution in [2.75, 3.05) is 13.7 Å². The molecule has 0 aliphatic rings. The van der Waals surface area contributed by atoms with Gasteiger partial charge >= 0.3 is 5.97 Å². The standard InChI is InChI=1S/C25H33BrO5/c1-18(15-30-16-20-11-7-5-8-12-20)22(31-17-21-13-9-6-10-14-21)19(2)23(27)25(3,26)24(28)29-4/h5-14,18-19,22-23,27H,15-17H2,1-4H3/t18-,19+,22-,23-,25+/m0/s1. The van der Waals surface area contributed by atoms with Gasteiger partial charge in [-0.25, -0.2) is 0 Å². The van der Waals surface area contributed by atoms with Gasteiger partial charge in [0.25, 0.3) is 0 Å². The number of esters is 1. The zero-order valence-corrected chi connectivity index (χ0v) is 20.2. The topological polar surface area (TPSA) is 65.0 Å². The third-order valence-electron chi connectivity index (χ3n) is 5.49. The van der Waals surface area contributed by atoms with E-state index in [9.17, 15) is 9.90 Å². The van der Waals surface area contributed by atoms with Gasteiger partial charge in [0.15, 0.2) is 0 Å². The lowest BCUT2D eigenvalue weighted by Crippen LogP contribution is -2.50. The average Bonchev–Trinajstić information content (AvgIpc) is 2.79. The summed E-state index contributed by atoms with van der Waals surface area (Å²) in [5.41, 5.74) is 2.14. The highest BCUT2D eigenvalue weighted by molar-refractivity contribution is 9.10. The lowest BCUT2D eigenvalue weighted by Gasteiger charge is -2.37. The largest absolute Gasteiger partial charge is 0.468 e. The minimum atomic E-state index is -1.24. The first-order valence-electron chi connectivity index (χ1n) is 10.5. The third kappa shape index (κ3) is 7.42. The normalized spacial score (nSPS) is 17.2. The fourth-order valence-electron chi connectivity index (χ4n) is 3.63. The van der Waals surface area contributed by atoms with Crippen LogP contribution in [-0.2, 0) is 32.2 Å². The summed E-state index contributed by atoms with van der Waals surface area (Å²) in [6, 6.07) is 19.9. The molecule has 6 heteroatoms. The van der Waals surface area contributed by atoms with Crippen molar-refractivity contribution < 1.29 is 24.1 Å². The van der Waals surface area contributed by atoms with Crippen LogP contribution in [-0.4, -0.2) is 41.3 Å². The summed E-state index contributed by atoms with van der Waals surface area (Å²) >= 11 is 3.36. The van der Waals surface area contributed by atoms with E-state index < -0.39 is 16.4 Å². The molecule has 0 aliphatic heterocycles. The van der Waals surface area contributed by atoms with Crippen molar-refractivity contribution in [1.82, 2.24) is 0 Å². The van der Waals surface area contributed by atoms with Crippen molar-refractivity contribution in [1.29, 1.82) is 0 Å². The zero-order chi connectivity index (χ0) is 22.9. The maximum absolute atomic E-state index is 12.2. The van der Waals surface area contributed by atoms with Gasteiger partial charge < -0.3 is 19.3 Å². The van der Waals surface area contributed by atoms with Gasteiger partial charge in [0.1, 0.15) is 4.32 Å². The van der Waals surface area contributed by atoms with Gasteiger partial charge in [-0.2, -0.15) is 0 Å². The number of hydrogen-bond acceptors (Lipinski definition) is 5. The first kappa shape index (κ1) is 25.5. The summed E-state index contributed by atoms with van der Waals surface area (Å²) in [7, 11) is 1.31. The predicted octanol–water partition coefficient (Wildman–Crippen LogP) is 4.75. The van der Waals surface area contributed by atoms with Crippen molar-refractivity contribution >= 4 is 21.9 Å². The molecule has 2 aromatic rings. The molecule has 0 unspecified atom stereocenters. The van der Waals surface area contributed by atoms with Crippen molar-refractivity contribution in [3.8, 4) is 0 Å². The van der Waals surface area contributed by atoms with Crippen LogP contribution < -0.4 is 0 Å². The van der Waals surface area contributed by atoms with Gasteiger partial charge in [-0.1, -0.05) is 90.4 Å². The number of benzene rings is 2. The number of methoxy groups -OCH3 is 1. The van der Waals surface area contributed by atoms with Gasteiger partial charge in [0, 0.05) is 11.8 Å². The van der Waals surface area contributed by atoms with Gasteiger partial charge in [-0.05, 0) is 18.1 Å². The number of hydrogen-bond donors (Lipinski definition) is 1. The van der Waals surface area contributed by atoms with Crippen molar-refractivity contribution in [2.45, 2.75) is 50.5 Å². The molecule has 31 heavy (non-hydrogen) atoms. The lowest BCUT2D eigenvalue weighted by atomic mass is 9.84. The molecule has 0 radical (unpaired) electrons. The van der Waals surface area contributed by atoms with Crippen LogP contribution in [0.15, 0.2) is 60.7 Å². The molecule has 0 bridgehead atoms. The number of ether oxygens (including phenoxy) is 3. The van der Waals surface area contributed by atoms with Crippen LogP contribution in [0.4, 0.5) is 0 Å². The van der Waals surface area contributed by atoms with Crippen LogP contribution in [0.2, 0.25) is 0 Å². The summed E-state index contributed by atoms with van der Waals surface area (Å²) in [5.74, 6) is -0.901. The van der Waals surface area contributed by atoms with Crippen LogP contribution in [0.25, 0.3) is 0 Å². The highest BCUT2D eigenvalue weighted by Gasteiger charge is 2.45. The summed E-state index contributed by atoms with van der Waals surface area (Å²) in [5, 5.41) is 11.0.